The van der Waals surface area contributed by atoms with E-state index in [0.29, 0.717) is 11.6 Å². The van der Waals surface area contributed by atoms with Crippen molar-refractivity contribution in [1.29, 1.82) is 0 Å². The average molecular weight is 375 g/mol. The van der Waals surface area contributed by atoms with Crippen molar-refractivity contribution in [2.24, 2.45) is 0 Å². The Kier molecular flexibility index (Phi) is 9.07. The Morgan fingerprint density at radius 3 is 2.46 bits per heavy atom. The third-order valence-corrected chi connectivity index (χ3v) is 3.94. The Morgan fingerprint density at radius 1 is 1.21 bits per heavy atom. The van der Waals surface area contributed by atoms with Crippen LogP contribution < -0.4 is 10.6 Å². The van der Waals surface area contributed by atoms with Crippen LogP contribution in [0.4, 0.5) is 0 Å². The van der Waals surface area contributed by atoms with Crippen LogP contribution in [-0.2, 0) is 16.1 Å². The van der Waals surface area contributed by atoms with Crippen LogP contribution in [0.3, 0.4) is 0 Å². The number of carbonyl (C=O) groups is 2. The summed E-state index contributed by atoms with van der Waals surface area (Å²) in [5.74, 6) is -0.0323. The summed E-state index contributed by atoms with van der Waals surface area (Å²) in [5, 5.41) is 6.73. The lowest BCUT2D eigenvalue weighted by atomic mass is 10.2. The van der Waals surface area contributed by atoms with Gasteiger partial charge in [-0.25, -0.2) is 0 Å². The van der Waals surface area contributed by atoms with Gasteiger partial charge >= 0.3 is 0 Å². The topological polar surface area (TPSA) is 64.7 Å². The highest BCUT2D eigenvalue weighted by Gasteiger charge is 2.18. The number of amides is 2. The van der Waals surface area contributed by atoms with E-state index >= 15 is 0 Å². The maximum Gasteiger partial charge on any atom is 0.236 e. The van der Waals surface area contributed by atoms with Crippen LogP contribution in [0.25, 0.3) is 0 Å². The highest BCUT2D eigenvalue weighted by molar-refractivity contribution is 6.30. The maximum atomic E-state index is 12.1. The zero-order valence-electron chi connectivity index (χ0n) is 13.8. The SMILES string of the molecule is CN(CC(=O)NCc1ccc(Cl)cc1)CC(=O)N1CCNCC1.Cl. The summed E-state index contributed by atoms with van der Waals surface area (Å²) in [6.45, 7) is 4.04. The lowest BCUT2D eigenvalue weighted by Crippen LogP contribution is -2.50. The standard InChI is InChI=1S/C16H23ClN4O2.ClH/c1-20(12-16(23)21-8-6-18-7-9-21)11-15(22)19-10-13-2-4-14(17)5-3-13;/h2-5,18H,6-12H2,1H3,(H,19,22);1H. The van der Waals surface area contributed by atoms with Crippen molar-refractivity contribution < 1.29 is 9.59 Å². The molecule has 1 aliphatic rings. The van der Waals surface area contributed by atoms with Gasteiger partial charge in [0.15, 0.2) is 0 Å². The summed E-state index contributed by atoms with van der Waals surface area (Å²) < 4.78 is 0. The molecule has 1 aromatic carbocycles. The summed E-state index contributed by atoms with van der Waals surface area (Å²) in [6.07, 6.45) is 0. The van der Waals surface area contributed by atoms with Crippen LogP contribution in [0.2, 0.25) is 5.02 Å². The Labute approximate surface area is 153 Å². The molecule has 0 unspecified atom stereocenters. The van der Waals surface area contributed by atoms with Crippen molar-refractivity contribution in [3.63, 3.8) is 0 Å². The second-order valence-corrected chi connectivity index (χ2v) is 6.14. The predicted molar refractivity (Wildman–Crippen MR) is 97.5 cm³/mol. The molecule has 24 heavy (non-hydrogen) atoms. The van der Waals surface area contributed by atoms with Crippen LogP contribution in [-0.4, -0.2) is 67.9 Å². The molecule has 8 heteroatoms. The Bertz CT molecular complexity index is 533. The molecular weight excluding hydrogens is 351 g/mol. The molecule has 0 bridgehead atoms. The van der Waals surface area contributed by atoms with E-state index in [-0.39, 0.29) is 37.3 Å². The minimum atomic E-state index is -0.101. The number of benzene rings is 1. The summed E-state index contributed by atoms with van der Waals surface area (Å²) in [4.78, 5) is 27.6. The van der Waals surface area contributed by atoms with E-state index in [4.69, 9.17) is 11.6 Å². The summed E-state index contributed by atoms with van der Waals surface area (Å²) in [6, 6.07) is 7.34. The fourth-order valence-corrected chi connectivity index (χ4v) is 2.53. The van der Waals surface area contributed by atoms with E-state index in [1.165, 1.54) is 0 Å². The Morgan fingerprint density at radius 2 is 1.83 bits per heavy atom. The molecule has 1 fully saturated rings. The van der Waals surface area contributed by atoms with E-state index in [1.54, 1.807) is 24.1 Å². The Hall–Kier alpha value is -1.34. The lowest BCUT2D eigenvalue weighted by Gasteiger charge is -2.29. The number of halogens is 2. The number of nitrogens with zero attached hydrogens (tertiary/aromatic N) is 2. The number of piperazine rings is 1. The molecule has 0 radical (unpaired) electrons. The molecule has 0 atom stereocenters. The number of carbonyl (C=O) groups excluding carboxylic acids is 2. The molecule has 2 rings (SSSR count). The fourth-order valence-electron chi connectivity index (χ4n) is 2.40. The van der Waals surface area contributed by atoms with Gasteiger partial charge in [-0.05, 0) is 24.7 Å². The first-order valence-electron chi connectivity index (χ1n) is 7.73. The van der Waals surface area contributed by atoms with Gasteiger partial charge in [-0.1, -0.05) is 23.7 Å². The minimum Gasteiger partial charge on any atom is -0.351 e. The normalized spacial score (nSPS) is 14.2. The lowest BCUT2D eigenvalue weighted by molar-refractivity contribution is -0.133. The monoisotopic (exact) mass is 374 g/mol. The number of hydrogen-bond acceptors (Lipinski definition) is 4. The molecule has 0 aliphatic carbocycles. The van der Waals surface area contributed by atoms with Gasteiger partial charge in [0, 0.05) is 37.7 Å². The first kappa shape index (κ1) is 20.7. The molecule has 2 amide bonds. The molecule has 0 aromatic heterocycles. The largest absolute Gasteiger partial charge is 0.351 e. The average Bonchev–Trinajstić information content (AvgIpc) is 2.55. The van der Waals surface area contributed by atoms with Crippen molar-refractivity contribution in [3.05, 3.63) is 34.9 Å². The molecule has 0 spiro atoms. The van der Waals surface area contributed by atoms with Crippen molar-refractivity contribution in [3.8, 4) is 0 Å². The molecular formula is C16H24Cl2N4O2. The van der Waals surface area contributed by atoms with Crippen LogP contribution in [0.15, 0.2) is 24.3 Å². The van der Waals surface area contributed by atoms with E-state index < -0.39 is 0 Å². The van der Waals surface area contributed by atoms with Gasteiger partial charge < -0.3 is 15.5 Å². The summed E-state index contributed by atoms with van der Waals surface area (Å²) >= 11 is 5.82. The molecule has 1 aromatic rings. The number of likely N-dealkylation sites (N-methyl/N-ethyl adjacent to an activating group) is 1. The molecule has 6 nitrogen and oxygen atoms in total. The van der Waals surface area contributed by atoms with Crippen LogP contribution in [0.5, 0.6) is 0 Å². The van der Waals surface area contributed by atoms with Crippen molar-refractivity contribution in [2.75, 3.05) is 46.3 Å². The van der Waals surface area contributed by atoms with E-state index in [1.807, 2.05) is 17.0 Å². The maximum absolute atomic E-state index is 12.1. The van der Waals surface area contributed by atoms with Gasteiger partial charge in [-0.15, -0.1) is 12.4 Å². The third-order valence-electron chi connectivity index (χ3n) is 3.69. The van der Waals surface area contributed by atoms with Gasteiger partial charge in [0.25, 0.3) is 0 Å². The van der Waals surface area contributed by atoms with Gasteiger partial charge in [-0.3, -0.25) is 14.5 Å². The molecule has 134 valence electrons. The Balaban J connectivity index is 0.00000288. The first-order valence-corrected chi connectivity index (χ1v) is 8.10. The molecule has 2 N–H and O–H groups in total. The zero-order valence-corrected chi connectivity index (χ0v) is 15.3. The third kappa shape index (κ3) is 7.05. The second-order valence-electron chi connectivity index (χ2n) is 5.71. The van der Waals surface area contributed by atoms with Crippen molar-refractivity contribution in [1.82, 2.24) is 20.4 Å². The van der Waals surface area contributed by atoms with E-state index in [9.17, 15) is 9.59 Å². The highest BCUT2D eigenvalue weighted by atomic mass is 35.5. The highest BCUT2D eigenvalue weighted by Crippen LogP contribution is 2.09. The minimum absolute atomic E-state index is 0. The van der Waals surface area contributed by atoms with Gasteiger partial charge in [-0.2, -0.15) is 0 Å². The van der Waals surface area contributed by atoms with E-state index in [0.717, 1.165) is 31.7 Å². The predicted octanol–water partition coefficient (Wildman–Crippen LogP) is 0.742. The first-order chi connectivity index (χ1) is 11.0. The quantitative estimate of drug-likeness (QED) is 0.770. The second kappa shape index (κ2) is 10.5. The van der Waals surface area contributed by atoms with Crippen LogP contribution >= 0.6 is 24.0 Å². The van der Waals surface area contributed by atoms with Crippen LogP contribution in [0.1, 0.15) is 5.56 Å². The number of hydrogen-bond donors (Lipinski definition) is 2. The van der Waals surface area contributed by atoms with Gasteiger partial charge in [0.2, 0.25) is 11.8 Å². The van der Waals surface area contributed by atoms with Crippen molar-refractivity contribution >= 4 is 35.8 Å². The smallest absolute Gasteiger partial charge is 0.236 e. The number of rotatable bonds is 6. The zero-order chi connectivity index (χ0) is 16.7. The molecule has 1 heterocycles. The van der Waals surface area contributed by atoms with Crippen molar-refractivity contribution in [2.45, 2.75) is 6.54 Å². The fraction of sp³-hybridized carbons (Fsp3) is 0.500. The van der Waals surface area contributed by atoms with Gasteiger partial charge in [0.1, 0.15) is 0 Å². The van der Waals surface area contributed by atoms with Gasteiger partial charge in [0.05, 0.1) is 13.1 Å². The number of nitrogens with one attached hydrogen (secondary N) is 2. The molecule has 1 aliphatic heterocycles. The molecule has 0 saturated carbocycles. The summed E-state index contributed by atoms with van der Waals surface area (Å²) in [5.41, 5.74) is 0.988. The van der Waals surface area contributed by atoms with Crippen LogP contribution in [0, 0.1) is 0 Å². The summed E-state index contributed by atoms with van der Waals surface area (Å²) in [7, 11) is 1.78. The molecule has 1 saturated heterocycles. The van der Waals surface area contributed by atoms with E-state index in [2.05, 4.69) is 10.6 Å².